The van der Waals surface area contributed by atoms with Crippen molar-refractivity contribution in [3.8, 4) is 0 Å². The molecule has 8 heteroatoms. The molecule has 2 rings (SSSR count). The number of benzene rings is 1. The van der Waals surface area contributed by atoms with Crippen molar-refractivity contribution in [2.24, 2.45) is 0 Å². The molecule has 21 heavy (non-hydrogen) atoms. The number of halogens is 4. The van der Waals surface area contributed by atoms with E-state index in [9.17, 15) is 22.8 Å². The van der Waals surface area contributed by atoms with Crippen molar-refractivity contribution in [2.45, 2.75) is 6.54 Å². The lowest BCUT2D eigenvalue weighted by molar-refractivity contribution is -0.116. The lowest BCUT2D eigenvalue weighted by atomic mass is 10.2. The van der Waals surface area contributed by atoms with Crippen LogP contribution in [0.2, 0.25) is 0 Å². The van der Waals surface area contributed by atoms with Crippen LogP contribution in [0.5, 0.6) is 0 Å². The molecule has 1 aromatic carbocycles. The van der Waals surface area contributed by atoms with Gasteiger partial charge < -0.3 is 9.88 Å². The summed E-state index contributed by atoms with van der Waals surface area (Å²) in [7, 11) is 0. The normalized spacial score (nSPS) is 10.5. The summed E-state index contributed by atoms with van der Waals surface area (Å²) in [5, 5.41) is 2.08. The van der Waals surface area contributed by atoms with Crippen molar-refractivity contribution >= 4 is 27.5 Å². The van der Waals surface area contributed by atoms with Crippen LogP contribution in [-0.4, -0.2) is 10.5 Å². The van der Waals surface area contributed by atoms with Gasteiger partial charge in [0, 0.05) is 16.7 Å². The lowest BCUT2D eigenvalue weighted by Crippen LogP contribution is -2.27. The molecule has 4 nitrogen and oxygen atoms in total. The van der Waals surface area contributed by atoms with Crippen molar-refractivity contribution in [2.75, 3.05) is 5.32 Å². The fourth-order valence-corrected chi connectivity index (χ4v) is 1.97. The largest absolute Gasteiger partial charge is 0.322 e. The van der Waals surface area contributed by atoms with E-state index in [0.29, 0.717) is 10.5 Å². The lowest BCUT2D eigenvalue weighted by Gasteiger charge is -2.09. The third-order valence-corrected chi connectivity index (χ3v) is 3.04. The Morgan fingerprint density at radius 1 is 1.14 bits per heavy atom. The molecule has 0 aliphatic heterocycles. The first-order valence-electron chi connectivity index (χ1n) is 5.68. The SMILES string of the molecule is O=C(Cn1cc(Br)ccc1=O)Nc1ccc(F)c(F)c1F. The van der Waals surface area contributed by atoms with Crippen molar-refractivity contribution in [3.05, 3.63) is 62.7 Å². The van der Waals surface area contributed by atoms with Crippen LogP contribution < -0.4 is 10.9 Å². The number of rotatable bonds is 3. The molecule has 0 bridgehead atoms. The van der Waals surface area contributed by atoms with E-state index in [-0.39, 0.29) is 0 Å². The zero-order valence-electron chi connectivity index (χ0n) is 10.4. The summed E-state index contributed by atoms with van der Waals surface area (Å²) in [4.78, 5) is 23.2. The van der Waals surface area contributed by atoms with Gasteiger partial charge in [0.25, 0.3) is 5.56 Å². The second-order valence-corrected chi connectivity index (χ2v) is 5.00. The monoisotopic (exact) mass is 360 g/mol. The summed E-state index contributed by atoms with van der Waals surface area (Å²) in [5.74, 6) is -5.27. The van der Waals surface area contributed by atoms with Crippen LogP contribution in [0.1, 0.15) is 0 Å². The fraction of sp³-hybridized carbons (Fsp3) is 0.0769. The maximum absolute atomic E-state index is 13.4. The second-order valence-electron chi connectivity index (χ2n) is 4.08. The van der Waals surface area contributed by atoms with Crippen LogP contribution in [-0.2, 0) is 11.3 Å². The highest BCUT2D eigenvalue weighted by atomic mass is 79.9. The van der Waals surface area contributed by atoms with E-state index in [1.54, 1.807) is 0 Å². The Labute approximate surface area is 125 Å². The predicted octanol–water partition coefficient (Wildman–Crippen LogP) is 2.67. The van der Waals surface area contributed by atoms with Crippen molar-refractivity contribution in [1.82, 2.24) is 4.57 Å². The number of nitrogens with one attached hydrogen (secondary N) is 1. The van der Waals surface area contributed by atoms with Crippen molar-refractivity contribution < 1.29 is 18.0 Å². The molecule has 0 fully saturated rings. The number of anilines is 1. The Kier molecular flexibility index (Phi) is 4.46. The molecule has 0 aliphatic rings. The molecule has 1 N–H and O–H groups in total. The second kappa shape index (κ2) is 6.13. The van der Waals surface area contributed by atoms with E-state index in [0.717, 1.165) is 10.6 Å². The summed E-state index contributed by atoms with van der Waals surface area (Å²) in [6, 6.07) is 4.34. The standard InChI is InChI=1S/C13H8BrF3N2O2/c14-7-1-4-11(21)19(5-7)6-10(20)18-9-3-2-8(15)12(16)13(9)17/h1-5H,6H2,(H,18,20). The van der Waals surface area contributed by atoms with Crippen LogP contribution in [0, 0.1) is 17.5 Å². The molecule has 0 saturated heterocycles. The molecular formula is C13H8BrF3N2O2. The number of carbonyl (C=O) groups is 1. The van der Waals surface area contributed by atoms with Gasteiger partial charge >= 0.3 is 0 Å². The number of nitrogens with zero attached hydrogens (tertiary/aromatic N) is 1. The van der Waals surface area contributed by atoms with E-state index < -0.39 is 41.2 Å². The summed E-state index contributed by atoms with van der Waals surface area (Å²) in [6.45, 7) is -0.392. The van der Waals surface area contributed by atoms with Gasteiger partial charge in [-0.1, -0.05) is 0 Å². The fourth-order valence-electron chi connectivity index (χ4n) is 1.59. The van der Waals surface area contributed by atoms with Gasteiger partial charge in [-0.3, -0.25) is 9.59 Å². The molecular weight excluding hydrogens is 353 g/mol. The molecule has 0 aliphatic carbocycles. The first-order chi connectivity index (χ1) is 9.88. The minimum absolute atomic E-state index is 0.392. The molecule has 0 radical (unpaired) electrons. The third-order valence-electron chi connectivity index (χ3n) is 2.57. The zero-order chi connectivity index (χ0) is 15.6. The Balaban J connectivity index is 2.18. The average Bonchev–Trinajstić information content (AvgIpc) is 2.43. The Bertz CT molecular complexity index is 762. The summed E-state index contributed by atoms with van der Waals surface area (Å²) >= 11 is 3.14. The van der Waals surface area contributed by atoms with E-state index in [2.05, 4.69) is 21.2 Å². The molecule has 110 valence electrons. The van der Waals surface area contributed by atoms with E-state index in [1.807, 2.05) is 0 Å². The molecule has 0 unspecified atom stereocenters. The number of amides is 1. The van der Waals surface area contributed by atoms with Gasteiger partial charge in [-0.2, -0.15) is 0 Å². The van der Waals surface area contributed by atoms with Crippen LogP contribution in [0.4, 0.5) is 18.9 Å². The minimum Gasteiger partial charge on any atom is -0.322 e. The number of carbonyl (C=O) groups excluding carboxylic acids is 1. The van der Waals surface area contributed by atoms with Crippen molar-refractivity contribution in [3.63, 3.8) is 0 Å². The predicted molar refractivity (Wildman–Crippen MR) is 73.3 cm³/mol. The van der Waals surface area contributed by atoms with Crippen LogP contribution >= 0.6 is 15.9 Å². The van der Waals surface area contributed by atoms with E-state index in [1.165, 1.54) is 18.3 Å². The minimum atomic E-state index is -1.67. The van der Waals surface area contributed by atoms with Crippen LogP contribution in [0.3, 0.4) is 0 Å². The van der Waals surface area contributed by atoms with Gasteiger partial charge in [0.15, 0.2) is 17.5 Å². The maximum Gasteiger partial charge on any atom is 0.251 e. The molecule has 1 aromatic heterocycles. The zero-order valence-corrected chi connectivity index (χ0v) is 12.0. The first-order valence-corrected chi connectivity index (χ1v) is 6.47. The van der Waals surface area contributed by atoms with Crippen LogP contribution in [0.25, 0.3) is 0 Å². The van der Waals surface area contributed by atoms with Gasteiger partial charge in [0.05, 0.1) is 5.69 Å². The molecule has 1 heterocycles. The van der Waals surface area contributed by atoms with Gasteiger partial charge in [-0.25, -0.2) is 13.2 Å². The van der Waals surface area contributed by atoms with Crippen molar-refractivity contribution in [1.29, 1.82) is 0 Å². The number of aromatic nitrogens is 1. The summed E-state index contributed by atoms with van der Waals surface area (Å²) in [6.07, 6.45) is 1.38. The molecule has 0 atom stereocenters. The summed E-state index contributed by atoms with van der Waals surface area (Å²) in [5.41, 5.74) is -0.930. The molecule has 0 saturated carbocycles. The Morgan fingerprint density at radius 3 is 2.57 bits per heavy atom. The van der Waals surface area contributed by atoms with Gasteiger partial charge in [0.2, 0.25) is 5.91 Å². The van der Waals surface area contributed by atoms with Gasteiger partial charge in [-0.05, 0) is 34.1 Å². The summed E-state index contributed by atoms with van der Waals surface area (Å²) < 4.78 is 40.8. The van der Waals surface area contributed by atoms with Gasteiger partial charge in [0.1, 0.15) is 6.54 Å². The smallest absolute Gasteiger partial charge is 0.251 e. The Morgan fingerprint density at radius 2 is 1.86 bits per heavy atom. The maximum atomic E-state index is 13.4. The topological polar surface area (TPSA) is 51.1 Å². The highest BCUT2D eigenvalue weighted by molar-refractivity contribution is 9.10. The third kappa shape index (κ3) is 3.52. The van der Waals surface area contributed by atoms with Gasteiger partial charge in [-0.15, -0.1) is 0 Å². The highest BCUT2D eigenvalue weighted by Crippen LogP contribution is 2.19. The first kappa shape index (κ1) is 15.3. The molecule has 1 amide bonds. The van der Waals surface area contributed by atoms with E-state index in [4.69, 9.17) is 0 Å². The Hall–Kier alpha value is -2.09. The van der Waals surface area contributed by atoms with E-state index >= 15 is 0 Å². The highest BCUT2D eigenvalue weighted by Gasteiger charge is 2.15. The number of hydrogen-bond donors (Lipinski definition) is 1. The molecule has 2 aromatic rings. The molecule has 0 spiro atoms. The van der Waals surface area contributed by atoms with Crippen LogP contribution in [0.15, 0.2) is 39.7 Å². The number of pyridine rings is 1. The average molecular weight is 361 g/mol. The quantitative estimate of drug-likeness (QED) is 0.855. The number of hydrogen-bond acceptors (Lipinski definition) is 2.